The second-order valence-corrected chi connectivity index (χ2v) is 4.97. The zero-order valence-electron chi connectivity index (χ0n) is 12.7. The molecule has 1 aromatic rings. The van der Waals surface area contributed by atoms with Gasteiger partial charge in [0.05, 0.1) is 19.8 Å². The number of ether oxygens (including phenoxy) is 2. The van der Waals surface area contributed by atoms with Gasteiger partial charge in [0.1, 0.15) is 5.75 Å². The Morgan fingerprint density at radius 1 is 1.24 bits per heavy atom. The molecule has 0 saturated heterocycles. The molecule has 1 amide bonds. The summed E-state index contributed by atoms with van der Waals surface area (Å²) in [5.41, 5.74) is 2.07. The summed E-state index contributed by atoms with van der Waals surface area (Å²) in [5.74, 6) is 0.0408. The highest BCUT2D eigenvalue weighted by molar-refractivity contribution is 5.95. The lowest BCUT2D eigenvalue weighted by Crippen LogP contribution is -2.35. The van der Waals surface area contributed by atoms with Gasteiger partial charge in [-0.2, -0.15) is 0 Å². The molecule has 1 atom stereocenters. The van der Waals surface area contributed by atoms with Crippen molar-refractivity contribution in [3.63, 3.8) is 0 Å². The number of methoxy groups -OCH3 is 2. The van der Waals surface area contributed by atoms with Gasteiger partial charge in [0.2, 0.25) is 5.91 Å². The van der Waals surface area contributed by atoms with Crippen LogP contribution in [-0.4, -0.2) is 38.0 Å². The number of nitrogens with zero attached hydrogens (tertiary/aromatic N) is 1. The van der Waals surface area contributed by atoms with E-state index in [2.05, 4.69) is 0 Å². The minimum absolute atomic E-state index is 0.0130. The second-order valence-electron chi connectivity index (χ2n) is 4.97. The monoisotopic (exact) mass is 289 g/mol. The molecule has 5 heteroatoms. The SMILES string of the molecule is COC(=O)C1=C(C)N(C)C(=O)C[C@@H]1c1ccc(OC)cc1. The summed E-state index contributed by atoms with van der Waals surface area (Å²) in [6, 6.07) is 7.39. The summed E-state index contributed by atoms with van der Waals surface area (Å²) in [6.45, 7) is 1.76. The second kappa shape index (κ2) is 5.99. The molecule has 0 spiro atoms. The summed E-state index contributed by atoms with van der Waals surface area (Å²) in [7, 11) is 4.62. The molecular formula is C16H19NO4. The van der Waals surface area contributed by atoms with E-state index in [1.54, 1.807) is 21.1 Å². The van der Waals surface area contributed by atoms with Gasteiger partial charge in [-0.25, -0.2) is 4.79 Å². The fourth-order valence-electron chi connectivity index (χ4n) is 2.55. The minimum Gasteiger partial charge on any atom is -0.497 e. The van der Waals surface area contributed by atoms with Gasteiger partial charge in [0, 0.05) is 25.1 Å². The van der Waals surface area contributed by atoms with Crippen molar-refractivity contribution in [3.8, 4) is 5.75 Å². The van der Waals surface area contributed by atoms with Gasteiger partial charge in [-0.05, 0) is 24.6 Å². The molecule has 5 nitrogen and oxygen atoms in total. The highest BCUT2D eigenvalue weighted by atomic mass is 16.5. The molecule has 1 heterocycles. The number of esters is 1. The molecule has 0 N–H and O–H groups in total. The highest BCUT2D eigenvalue weighted by Gasteiger charge is 2.35. The topological polar surface area (TPSA) is 55.8 Å². The fourth-order valence-corrected chi connectivity index (χ4v) is 2.55. The smallest absolute Gasteiger partial charge is 0.336 e. The van der Waals surface area contributed by atoms with Crippen LogP contribution in [0.25, 0.3) is 0 Å². The fraction of sp³-hybridized carbons (Fsp3) is 0.375. The van der Waals surface area contributed by atoms with Gasteiger partial charge in [-0.3, -0.25) is 4.79 Å². The van der Waals surface area contributed by atoms with Crippen molar-refractivity contribution in [2.24, 2.45) is 0 Å². The van der Waals surface area contributed by atoms with Crippen molar-refractivity contribution in [1.82, 2.24) is 4.90 Å². The van der Waals surface area contributed by atoms with Crippen LogP contribution < -0.4 is 4.74 Å². The lowest BCUT2D eigenvalue weighted by molar-refractivity contribution is -0.137. The number of carbonyl (C=O) groups is 2. The number of rotatable bonds is 3. The first-order chi connectivity index (χ1) is 9.99. The Hall–Kier alpha value is -2.30. The van der Waals surface area contributed by atoms with E-state index in [-0.39, 0.29) is 18.2 Å². The van der Waals surface area contributed by atoms with E-state index in [1.807, 2.05) is 24.3 Å². The van der Waals surface area contributed by atoms with Crippen LogP contribution in [0.1, 0.15) is 24.8 Å². The zero-order chi connectivity index (χ0) is 15.6. The normalized spacial score (nSPS) is 18.8. The number of carbonyl (C=O) groups excluding carboxylic acids is 2. The summed E-state index contributed by atoms with van der Waals surface area (Å²) in [4.78, 5) is 25.7. The van der Waals surface area contributed by atoms with Gasteiger partial charge in [0.25, 0.3) is 0 Å². The molecule has 0 saturated carbocycles. The quantitative estimate of drug-likeness (QED) is 0.800. The van der Waals surface area contributed by atoms with E-state index in [1.165, 1.54) is 12.0 Å². The molecule has 1 aliphatic heterocycles. The molecule has 112 valence electrons. The first-order valence-corrected chi connectivity index (χ1v) is 6.69. The van der Waals surface area contributed by atoms with Crippen LogP contribution in [0.15, 0.2) is 35.5 Å². The zero-order valence-corrected chi connectivity index (χ0v) is 12.7. The molecule has 1 aromatic carbocycles. The molecule has 0 aliphatic carbocycles. The summed E-state index contributed by atoms with van der Waals surface area (Å²) in [6.07, 6.45) is 0.255. The molecule has 1 aliphatic rings. The third-order valence-electron chi connectivity index (χ3n) is 3.92. The molecule has 0 radical (unpaired) electrons. The molecule has 0 unspecified atom stereocenters. The van der Waals surface area contributed by atoms with Crippen molar-refractivity contribution in [2.75, 3.05) is 21.3 Å². The van der Waals surface area contributed by atoms with Crippen LogP contribution in [0.4, 0.5) is 0 Å². The van der Waals surface area contributed by atoms with Crippen LogP contribution in [0.2, 0.25) is 0 Å². The Morgan fingerprint density at radius 2 is 1.86 bits per heavy atom. The van der Waals surface area contributed by atoms with Crippen molar-refractivity contribution in [3.05, 3.63) is 41.1 Å². The molecule has 0 bridgehead atoms. The predicted octanol–water partition coefficient (Wildman–Crippen LogP) is 2.09. The Labute approximate surface area is 124 Å². The maximum absolute atomic E-state index is 12.1. The van der Waals surface area contributed by atoms with E-state index in [4.69, 9.17) is 9.47 Å². The van der Waals surface area contributed by atoms with Crippen molar-refractivity contribution >= 4 is 11.9 Å². The molecule has 2 rings (SSSR count). The van der Waals surface area contributed by atoms with Crippen LogP contribution in [0.5, 0.6) is 5.75 Å². The molecule has 0 fully saturated rings. The third kappa shape index (κ3) is 2.77. The van der Waals surface area contributed by atoms with Gasteiger partial charge >= 0.3 is 5.97 Å². The van der Waals surface area contributed by atoms with E-state index in [0.29, 0.717) is 11.3 Å². The van der Waals surface area contributed by atoms with E-state index in [9.17, 15) is 9.59 Å². The Morgan fingerprint density at radius 3 is 2.38 bits per heavy atom. The third-order valence-corrected chi connectivity index (χ3v) is 3.92. The Bertz CT molecular complexity index is 589. The van der Waals surface area contributed by atoms with Gasteiger partial charge < -0.3 is 14.4 Å². The van der Waals surface area contributed by atoms with Crippen LogP contribution >= 0.6 is 0 Å². The average molecular weight is 289 g/mol. The number of hydrogen-bond acceptors (Lipinski definition) is 4. The first-order valence-electron chi connectivity index (χ1n) is 6.69. The number of hydrogen-bond donors (Lipinski definition) is 0. The summed E-state index contributed by atoms with van der Waals surface area (Å²) < 4.78 is 10.0. The molecule has 0 aromatic heterocycles. The van der Waals surface area contributed by atoms with Gasteiger partial charge in [0.15, 0.2) is 0 Å². The Balaban J connectivity index is 2.48. The first kappa shape index (κ1) is 15.1. The van der Waals surface area contributed by atoms with Crippen molar-refractivity contribution < 1.29 is 19.1 Å². The maximum atomic E-state index is 12.1. The minimum atomic E-state index is -0.396. The summed E-state index contributed by atoms with van der Waals surface area (Å²) >= 11 is 0. The van der Waals surface area contributed by atoms with Gasteiger partial charge in [-0.1, -0.05) is 12.1 Å². The van der Waals surface area contributed by atoms with Crippen molar-refractivity contribution in [1.29, 1.82) is 0 Å². The maximum Gasteiger partial charge on any atom is 0.336 e. The van der Waals surface area contributed by atoms with E-state index < -0.39 is 5.97 Å². The van der Waals surface area contributed by atoms with Crippen LogP contribution in [-0.2, 0) is 14.3 Å². The largest absolute Gasteiger partial charge is 0.497 e. The number of benzene rings is 1. The molecular weight excluding hydrogens is 270 g/mol. The van der Waals surface area contributed by atoms with Crippen LogP contribution in [0, 0.1) is 0 Å². The summed E-state index contributed by atoms with van der Waals surface area (Å²) in [5, 5.41) is 0. The standard InChI is InChI=1S/C16H19NO4/c1-10-15(16(19)21-4)13(9-14(18)17(10)2)11-5-7-12(20-3)8-6-11/h5-8,13H,9H2,1-4H3/t13-/m1/s1. The van der Waals surface area contributed by atoms with Gasteiger partial charge in [-0.15, -0.1) is 0 Å². The predicted molar refractivity (Wildman–Crippen MR) is 77.8 cm³/mol. The van der Waals surface area contributed by atoms with Crippen LogP contribution in [0.3, 0.4) is 0 Å². The van der Waals surface area contributed by atoms with E-state index >= 15 is 0 Å². The number of allylic oxidation sites excluding steroid dienone is 1. The highest BCUT2D eigenvalue weighted by Crippen LogP contribution is 2.36. The number of amides is 1. The lowest BCUT2D eigenvalue weighted by atomic mass is 9.84. The van der Waals surface area contributed by atoms with E-state index in [0.717, 1.165) is 11.3 Å². The van der Waals surface area contributed by atoms with Crippen molar-refractivity contribution in [2.45, 2.75) is 19.3 Å². The average Bonchev–Trinajstić information content (AvgIpc) is 2.51. The Kier molecular flexibility index (Phi) is 4.31. The lowest BCUT2D eigenvalue weighted by Gasteiger charge is -2.31. The molecule has 21 heavy (non-hydrogen) atoms.